The zero-order chi connectivity index (χ0) is 14.1. The first-order valence-corrected chi connectivity index (χ1v) is 8.03. The molecule has 0 saturated carbocycles. The number of carbonyl (C=O) groups excluding carboxylic acids is 1. The molecule has 0 aromatic heterocycles. The molecule has 5 heteroatoms. The Bertz CT molecular complexity index is 688. The molecule has 1 heterocycles. The van der Waals surface area contributed by atoms with Gasteiger partial charge in [0.05, 0.1) is 12.2 Å². The lowest BCUT2D eigenvalue weighted by atomic mass is 10.1. The third-order valence-electron chi connectivity index (χ3n) is 3.12. The molecule has 0 atom stereocenters. The summed E-state index contributed by atoms with van der Waals surface area (Å²) in [5.74, 6) is 0.799. The second kappa shape index (κ2) is 5.73. The van der Waals surface area contributed by atoms with Gasteiger partial charge in [-0.15, -0.1) is 0 Å². The highest BCUT2D eigenvalue weighted by molar-refractivity contribution is 14.1. The van der Waals surface area contributed by atoms with Gasteiger partial charge in [0.25, 0.3) is 5.91 Å². The molecule has 0 radical (unpaired) electrons. The Morgan fingerprint density at radius 3 is 2.95 bits per heavy atom. The lowest BCUT2D eigenvalue weighted by Crippen LogP contribution is -2.12. The highest BCUT2D eigenvalue weighted by Gasteiger charge is 2.15. The van der Waals surface area contributed by atoms with Crippen molar-refractivity contribution in [1.82, 2.24) is 0 Å². The van der Waals surface area contributed by atoms with E-state index < -0.39 is 0 Å². The number of hydrogen-bond donors (Lipinski definition) is 1. The van der Waals surface area contributed by atoms with Gasteiger partial charge in [0, 0.05) is 20.2 Å². The number of rotatable bonds is 2. The fourth-order valence-electron chi connectivity index (χ4n) is 2.13. The summed E-state index contributed by atoms with van der Waals surface area (Å²) < 4.78 is 7.27. The van der Waals surface area contributed by atoms with E-state index in [0.717, 1.165) is 38.1 Å². The van der Waals surface area contributed by atoms with E-state index in [1.165, 1.54) is 0 Å². The minimum Gasteiger partial charge on any atom is -0.493 e. The highest BCUT2D eigenvalue weighted by atomic mass is 127. The number of anilines is 1. The largest absolute Gasteiger partial charge is 0.493 e. The minimum absolute atomic E-state index is 0.116. The van der Waals surface area contributed by atoms with Crippen LogP contribution in [0.3, 0.4) is 0 Å². The lowest BCUT2D eigenvalue weighted by molar-refractivity contribution is 0.102. The van der Waals surface area contributed by atoms with Gasteiger partial charge in [-0.3, -0.25) is 4.79 Å². The summed E-state index contributed by atoms with van der Waals surface area (Å²) in [6.45, 7) is 0.717. The molecule has 0 bridgehead atoms. The summed E-state index contributed by atoms with van der Waals surface area (Å²) >= 11 is 5.60. The van der Waals surface area contributed by atoms with Gasteiger partial charge in [-0.1, -0.05) is 0 Å². The van der Waals surface area contributed by atoms with E-state index in [4.69, 9.17) is 4.74 Å². The van der Waals surface area contributed by atoms with Crippen molar-refractivity contribution >= 4 is 50.1 Å². The van der Waals surface area contributed by atoms with Gasteiger partial charge < -0.3 is 10.1 Å². The summed E-state index contributed by atoms with van der Waals surface area (Å²) in [4.78, 5) is 12.3. The van der Waals surface area contributed by atoms with Crippen LogP contribution in [0.4, 0.5) is 5.69 Å². The molecule has 1 aliphatic heterocycles. The standard InChI is InChI=1S/C15H11BrINO2/c16-13-3-1-10(17)8-12(13)15(19)18-11-2-4-14-9(7-11)5-6-20-14/h1-4,7-8H,5-6H2,(H,18,19). The Kier molecular flexibility index (Phi) is 3.98. The Morgan fingerprint density at radius 1 is 1.25 bits per heavy atom. The normalized spacial score (nSPS) is 12.7. The molecular formula is C15H11BrINO2. The van der Waals surface area contributed by atoms with E-state index in [9.17, 15) is 4.79 Å². The molecule has 2 aromatic rings. The van der Waals surface area contributed by atoms with Gasteiger partial charge in [0.2, 0.25) is 0 Å². The van der Waals surface area contributed by atoms with Crippen LogP contribution in [0.25, 0.3) is 0 Å². The number of amides is 1. The summed E-state index contributed by atoms with van der Waals surface area (Å²) in [5, 5.41) is 2.93. The smallest absolute Gasteiger partial charge is 0.256 e. The van der Waals surface area contributed by atoms with Crippen LogP contribution >= 0.6 is 38.5 Å². The average molecular weight is 444 g/mol. The van der Waals surface area contributed by atoms with Crippen molar-refractivity contribution in [2.45, 2.75) is 6.42 Å². The van der Waals surface area contributed by atoms with Crippen molar-refractivity contribution < 1.29 is 9.53 Å². The van der Waals surface area contributed by atoms with Crippen molar-refractivity contribution in [3.8, 4) is 5.75 Å². The second-order valence-electron chi connectivity index (χ2n) is 4.50. The average Bonchev–Trinajstić information content (AvgIpc) is 2.89. The van der Waals surface area contributed by atoms with Crippen molar-refractivity contribution in [1.29, 1.82) is 0 Å². The molecule has 2 aromatic carbocycles. The van der Waals surface area contributed by atoms with E-state index in [0.29, 0.717) is 5.56 Å². The Hall–Kier alpha value is -1.08. The van der Waals surface area contributed by atoms with Gasteiger partial charge >= 0.3 is 0 Å². The van der Waals surface area contributed by atoms with Gasteiger partial charge in [0.1, 0.15) is 5.75 Å². The molecule has 0 spiro atoms. The molecule has 1 aliphatic rings. The molecular weight excluding hydrogens is 433 g/mol. The quantitative estimate of drug-likeness (QED) is 0.705. The maximum atomic E-state index is 12.3. The predicted octanol–water partition coefficient (Wildman–Crippen LogP) is 4.24. The maximum Gasteiger partial charge on any atom is 0.256 e. The third kappa shape index (κ3) is 2.83. The summed E-state index contributed by atoms with van der Waals surface area (Å²) in [6.07, 6.45) is 0.895. The molecule has 0 unspecified atom stereocenters. The monoisotopic (exact) mass is 443 g/mol. The summed E-state index contributed by atoms with van der Waals surface area (Å²) in [7, 11) is 0. The number of nitrogens with one attached hydrogen (secondary N) is 1. The number of benzene rings is 2. The first-order valence-electron chi connectivity index (χ1n) is 6.15. The van der Waals surface area contributed by atoms with Crippen molar-refractivity contribution in [3.63, 3.8) is 0 Å². The first-order chi connectivity index (χ1) is 9.63. The van der Waals surface area contributed by atoms with Crippen LogP contribution in [0.5, 0.6) is 5.75 Å². The number of halogens is 2. The minimum atomic E-state index is -0.116. The molecule has 3 rings (SSSR count). The predicted molar refractivity (Wildman–Crippen MR) is 90.5 cm³/mol. The fraction of sp³-hybridized carbons (Fsp3) is 0.133. The van der Waals surface area contributed by atoms with Crippen LogP contribution in [-0.2, 0) is 6.42 Å². The van der Waals surface area contributed by atoms with Crippen molar-refractivity contribution in [2.24, 2.45) is 0 Å². The van der Waals surface area contributed by atoms with Crippen molar-refractivity contribution in [3.05, 3.63) is 55.6 Å². The van der Waals surface area contributed by atoms with Crippen LogP contribution in [0.15, 0.2) is 40.9 Å². The Balaban J connectivity index is 1.84. The molecule has 3 nitrogen and oxygen atoms in total. The van der Waals surface area contributed by atoms with E-state index in [2.05, 4.69) is 43.8 Å². The molecule has 1 N–H and O–H groups in total. The molecule has 102 valence electrons. The molecule has 0 aliphatic carbocycles. The number of carbonyl (C=O) groups is 1. The maximum absolute atomic E-state index is 12.3. The molecule has 20 heavy (non-hydrogen) atoms. The summed E-state index contributed by atoms with van der Waals surface area (Å²) in [6, 6.07) is 11.4. The zero-order valence-electron chi connectivity index (χ0n) is 10.5. The van der Waals surface area contributed by atoms with Crippen molar-refractivity contribution in [2.75, 3.05) is 11.9 Å². The summed E-state index contributed by atoms with van der Waals surface area (Å²) in [5.41, 5.74) is 2.57. The first kappa shape index (κ1) is 13.9. The van der Waals surface area contributed by atoms with E-state index in [1.54, 1.807) is 0 Å². The molecule has 0 fully saturated rings. The van der Waals surface area contributed by atoms with Crippen LogP contribution in [0.1, 0.15) is 15.9 Å². The van der Waals surface area contributed by atoms with E-state index in [-0.39, 0.29) is 5.91 Å². The zero-order valence-corrected chi connectivity index (χ0v) is 14.2. The lowest BCUT2D eigenvalue weighted by Gasteiger charge is -2.08. The highest BCUT2D eigenvalue weighted by Crippen LogP contribution is 2.28. The van der Waals surface area contributed by atoms with Crippen LogP contribution < -0.4 is 10.1 Å². The van der Waals surface area contributed by atoms with Gasteiger partial charge in [-0.05, 0) is 80.5 Å². The van der Waals surface area contributed by atoms with Gasteiger partial charge in [-0.25, -0.2) is 0 Å². The number of hydrogen-bond acceptors (Lipinski definition) is 2. The molecule has 1 amide bonds. The van der Waals surface area contributed by atoms with Crippen LogP contribution in [0, 0.1) is 3.57 Å². The van der Waals surface area contributed by atoms with Gasteiger partial charge in [-0.2, -0.15) is 0 Å². The third-order valence-corrected chi connectivity index (χ3v) is 4.48. The van der Waals surface area contributed by atoms with Crippen LogP contribution in [0.2, 0.25) is 0 Å². The SMILES string of the molecule is O=C(Nc1ccc2c(c1)CCO2)c1cc(I)ccc1Br. The van der Waals surface area contributed by atoms with Crippen LogP contribution in [-0.4, -0.2) is 12.5 Å². The second-order valence-corrected chi connectivity index (χ2v) is 6.60. The van der Waals surface area contributed by atoms with E-state index >= 15 is 0 Å². The Labute approximate surface area is 139 Å². The fourth-order valence-corrected chi connectivity index (χ4v) is 3.05. The number of ether oxygens (including phenoxy) is 1. The van der Waals surface area contributed by atoms with Gasteiger partial charge in [0.15, 0.2) is 0 Å². The van der Waals surface area contributed by atoms with E-state index in [1.807, 2.05) is 36.4 Å². The number of fused-ring (bicyclic) bond motifs is 1. The topological polar surface area (TPSA) is 38.3 Å². The molecule has 0 saturated heterocycles. The Morgan fingerprint density at radius 2 is 2.10 bits per heavy atom.